The molecule has 8 heteroatoms. The summed E-state index contributed by atoms with van der Waals surface area (Å²) < 4.78 is 5.61. The molecule has 24 heavy (non-hydrogen) atoms. The molecule has 122 valence electrons. The second-order valence-corrected chi connectivity index (χ2v) is 6.33. The third kappa shape index (κ3) is 2.95. The Morgan fingerprint density at radius 2 is 2.04 bits per heavy atom. The Morgan fingerprint density at radius 1 is 1.29 bits per heavy atom. The van der Waals surface area contributed by atoms with Gasteiger partial charge in [0.2, 0.25) is 0 Å². The van der Waals surface area contributed by atoms with Gasteiger partial charge in [0.1, 0.15) is 11.5 Å². The van der Waals surface area contributed by atoms with Gasteiger partial charge in [-0.2, -0.15) is 0 Å². The minimum absolute atomic E-state index is 0.0394. The van der Waals surface area contributed by atoms with Crippen molar-refractivity contribution in [2.45, 2.75) is 0 Å². The van der Waals surface area contributed by atoms with Crippen LogP contribution in [0.2, 0.25) is 5.02 Å². The van der Waals surface area contributed by atoms with Crippen LogP contribution in [0.1, 0.15) is 16.1 Å². The van der Waals surface area contributed by atoms with Crippen molar-refractivity contribution in [1.29, 1.82) is 0 Å². The molecular formula is C16H9ClNO5S-. The van der Waals surface area contributed by atoms with Gasteiger partial charge in [-0.15, -0.1) is 0 Å². The van der Waals surface area contributed by atoms with Gasteiger partial charge < -0.3 is 14.3 Å². The lowest BCUT2D eigenvalue weighted by Gasteiger charge is -2.06. The molecule has 1 aromatic heterocycles. The minimum Gasteiger partial charge on any atom is -0.545 e. The number of carbonyl (C=O) groups excluding carboxylic acids is 3. The minimum atomic E-state index is -1.36. The average molecular weight is 363 g/mol. The first-order valence-corrected chi connectivity index (χ1v) is 7.89. The molecule has 0 atom stereocenters. The van der Waals surface area contributed by atoms with E-state index < -0.39 is 5.97 Å². The first-order chi connectivity index (χ1) is 11.4. The Hall–Kier alpha value is -2.51. The number of thioether (sulfide) groups is 1. The van der Waals surface area contributed by atoms with E-state index in [0.29, 0.717) is 17.1 Å². The van der Waals surface area contributed by atoms with E-state index in [4.69, 9.17) is 16.0 Å². The van der Waals surface area contributed by atoms with E-state index in [9.17, 15) is 19.5 Å². The number of nitrogens with zero attached hydrogens (tertiary/aromatic N) is 1. The molecule has 1 aliphatic heterocycles. The summed E-state index contributed by atoms with van der Waals surface area (Å²) in [6, 6.07) is 7.62. The standard InChI is InChI=1S/C16H10ClNO5S/c1-18-14(19)13(24-16(18)22)7-9-3-5-12(23-9)8-2-4-10(15(20)21)11(17)6-8/h2-7H,1H3,(H,20,21)/p-1/b13-7-. The molecule has 0 spiro atoms. The van der Waals surface area contributed by atoms with Gasteiger partial charge >= 0.3 is 0 Å². The normalized spacial score (nSPS) is 16.2. The van der Waals surface area contributed by atoms with Crippen LogP contribution in [0.4, 0.5) is 4.79 Å². The highest BCUT2D eigenvalue weighted by molar-refractivity contribution is 8.18. The molecule has 1 aromatic carbocycles. The summed E-state index contributed by atoms with van der Waals surface area (Å²) in [5.41, 5.74) is 0.470. The Kier molecular flexibility index (Phi) is 4.21. The first-order valence-electron chi connectivity index (χ1n) is 6.69. The van der Waals surface area contributed by atoms with Gasteiger partial charge in [0.05, 0.1) is 15.9 Å². The predicted molar refractivity (Wildman–Crippen MR) is 87.2 cm³/mol. The SMILES string of the molecule is CN1C(=O)S/C(=C\c2ccc(-c3ccc(C(=O)[O-])c(Cl)c3)o2)C1=O. The molecule has 0 unspecified atom stereocenters. The number of carboxylic acids is 1. The molecule has 0 N–H and O–H groups in total. The van der Waals surface area contributed by atoms with E-state index in [1.165, 1.54) is 25.3 Å². The van der Waals surface area contributed by atoms with Gasteiger partial charge in [0, 0.05) is 24.3 Å². The fourth-order valence-corrected chi connectivity index (χ4v) is 3.16. The Morgan fingerprint density at radius 3 is 2.62 bits per heavy atom. The lowest BCUT2D eigenvalue weighted by molar-refractivity contribution is -0.255. The number of rotatable bonds is 3. The maximum atomic E-state index is 11.8. The van der Waals surface area contributed by atoms with Crippen LogP contribution in [0.3, 0.4) is 0 Å². The van der Waals surface area contributed by atoms with Gasteiger partial charge in [0.15, 0.2) is 0 Å². The number of carbonyl (C=O) groups is 3. The molecule has 1 aliphatic rings. The van der Waals surface area contributed by atoms with Crippen LogP contribution in [-0.2, 0) is 4.79 Å². The van der Waals surface area contributed by atoms with E-state index in [0.717, 1.165) is 16.7 Å². The number of hydrogen-bond donors (Lipinski definition) is 0. The van der Waals surface area contributed by atoms with Crippen molar-refractivity contribution in [3.63, 3.8) is 0 Å². The lowest BCUT2D eigenvalue weighted by Crippen LogP contribution is -2.22. The zero-order valence-electron chi connectivity index (χ0n) is 12.2. The quantitative estimate of drug-likeness (QED) is 0.779. The summed E-state index contributed by atoms with van der Waals surface area (Å²) >= 11 is 6.74. The summed E-state index contributed by atoms with van der Waals surface area (Å²) in [5.74, 6) is -0.904. The van der Waals surface area contributed by atoms with Gasteiger partial charge in [-0.3, -0.25) is 14.5 Å². The number of benzene rings is 1. The Bertz CT molecular complexity index is 902. The second-order valence-electron chi connectivity index (χ2n) is 4.92. The van der Waals surface area contributed by atoms with E-state index in [1.807, 2.05) is 0 Å². The fourth-order valence-electron chi connectivity index (χ4n) is 2.09. The predicted octanol–water partition coefficient (Wildman–Crippen LogP) is 2.63. The van der Waals surface area contributed by atoms with Gasteiger partial charge in [-0.05, 0) is 30.0 Å². The lowest BCUT2D eigenvalue weighted by atomic mass is 10.1. The van der Waals surface area contributed by atoms with Crippen LogP contribution < -0.4 is 5.11 Å². The molecule has 1 saturated heterocycles. The van der Waals surface area contributed by atoms with Crippen LogP contribution in [0.5, 0.6) is 0 Å². The molecule has 1 fully saturated rings. The Labute approximate surface area is 145 Å². The highest BCUT2D eigenvalue weighted by Crippen LogP contribution is 2.33. The highest BCUT2D eigenvalue weighted by Gasteiger charge is 2.32. The average Bonchev–Trinajstić information content (AvgIpc) is 3.09. The molecule has 2 amide bonds. The maximum Gasteiger partial charge on any atom is 0.293 e. The smallest absolute Gasteiger partial charge is 0.293 e. The van der Waals surface area contributed by atoms with Crippen LogP contribution in [0.15, 0.2) is 39.7 Å². The third-order valence-corrected chi connectivity index (χ3v) is 4.63. The van der Waals surface area contributed by atoms with E-state index in [1.54, 1.807) is 18.2 Å². The molecule has 6 nitrogen and oxygen atoms in total. The van der Waals surface area contributed by atoms with Gasteiger partial charge in [-0.25, -0.2) is 0 Å². The van der Waals surface area contributed by atoms with Crippen molar-refractivity contribution in [2.75, 3.05) is 7.05 Å². The molecule has 0 aliphatic carbocycles. The van der Waals surface area contributed by atoms with E-state index in [-0.39, 0.29) is 26.6 Å². The number of halogens is 1. The monoisotopic (exact) mass is 362 g/mol. The van der Waals surface area contributed by atoms with Gasteiger partial charge in [-0.1, -0.05) is 23.7 Å². The first kappa shape index (κ1) is 16.4. The van der Waals surface area contributed by atoms with Crippen LogP contribution in [0.25, 0.3) is 17.4 Å². The number of hydrogen-bond acceptors (Lipinski definition) is 6. The summed E-state index contributed by atoms with van der Waals surface area (Å²) in [7, 11) is 1.41. The zero-order chi connectivity index (χ0) is 17.4. The number of likely N-dealkylation sites (N-methyl/N-ethyl adjacent to an activating group) is 1. The fraction of sp³-hybridized carbons (Fsp3) is 0.0625. The summed E-state index contributed by atoms with van der Waals surface area (Å²) in [5, 5.41) is 10.6. The summed E-state index contributed by atoms with van der Waals surface area (Å²) in [4.78, 5) is 35.5. The number of aromatic carboxylic acids is 1. The molecular weight excluding hydrogens is 354 g/mol. The topological polar surface area (TPSA) is 90.7 Å². The van der Waals surface area contributed by atoms with Crippen LogP contribution in [0, 0.1) is 0 Å². The number of amides is 2. The van der Waals surface area contributed by atoms with E-state index in [2.05, 4.69) is 0 Å². The highest BCUT2D eigenvalue weighted by atomic mass is 35.5. The van der Waals surface area contributed by atoms with Crippen LogP contribution in [-0.4, -0.2) is 29.1 Å². The van der Waals surface area contributed by atoms with E-state index >= 15 is 0 Å². The molecule has 2 heterocycles. The zero-order valence-corrected chi connectivity index (χ0v) is 13.8. The van der Waals surface area contributed by atoms with Gasteiger partial charge in [0.25, 0.3) is 11.1 Å². The largest absolute Gasteiger partial charge is 0.545 e. The number of furan rings is 1. The third-order valence-electron chi connectivity index (χ3n) is 3.36. The van der Waals surface area contributed by atoms with Crippen molar-refractivity contribution in [1.82, 2.24) is 4.90 Å². The maximum absolute atomic E-state index is 11.8. The summed E-state index contributed by atoms with van der Waals surface area (Å²) in [6.45, 7) is 0. The van der Waals surface area contributed by atoms with Crippen molar-refractivity contribution >= 4 is 46.6 Å². The molecule has 0 saturated carbocycles. The second kappa shape index (κ2) is 6.18. The molecule has 2 aromatic rings. The molecule has 0 bridgehead atoms. The number of carboxylic acid groups (broad SMARTS) is 1. The van der Waals surface area contributed by atoms with Crippen molar-refractivity contribution in [3.8, 4) is 11.3 Å². The van der Waals surface area contributed by atoms with Crippen molar-refractivity contribution < 1.29 is 23.9 Å². The Balaban J connectivity index is 1.89. The van der Waals surface area contributed by atoms with Crippen molar-refractivity contribution in [3.05, 3.63) is 51.6 Å². The molecule has 3 rings (SSSR count). The van der Waals surface area contributed by atoms with Crippen molar-refractivity contribution in [2.24, 2.45) is 0 Å². The van der Waals surface area contributed by atoms with Crippen LogP contribution >= 0.6 is 23.4 Å². The summed E-state index contributed by atoms with van der Waals surface area (Å²) in [6.07, 6.45) is 1.48. The molecule has 0 radical (unpaired) electrons. The number of imide groups is 1.